The van der Waals surface area contributed by atoms with Gasteiger partial charge in [-0.3, -0.25) is 0 Å². The maximum Gasteiger partial charge on any atom is 0.227 e. The number of para-hydroxylation sites is 4. The number of fused-ring (bicyclic) bond motifs is 14. The summed E-state index contributed by atoms with van der Waals surface area (Å²) in [5.41, 5.74) is 14.4. The smallest absolute Gasteiger partial charge is 0.227 e. The fourth-order valence-electron chi connectivity index (χ4n) is 13.2. The van der Waals surface area contributed by atoms with Crippen LogP contribution >= 0.6 is 22.7 Å². The van der Waals surface area contributed by atoms with Gasteiger partial charge in [-0.1, -0.05) is 146 Å². The molecule has 0 fully saturated rings. The first kappa shape index (κ1) is 52.4. The molecule has 438 valence electrons. The van der Waals surface area contributed by atoms with E-state index in [1.807, 2.05) is 146 Å². The molecule has 8 heterocycles. The number of aromatic nitrogens is 8. The summed E-state index contributed by atoms with van der Waals surface area (Å²) in [7, 11) is 0. The zero-order valence-electron chi connectivity index (χ0n) is 49.3. The third-order valence-corrected chi connectivity index (χ3v) is 20.1. The third kappa shape index (κ3) is 8.43. The van der Waals surface area contributed by atoms with Gasteiger partial charge in [0.1, 0.15) is 33.4 Å². The molecule has 20 aromatic rings. The molecule has 0 atom stereocenters. The summed E-state index contributed by atoms with van der Waals surface area (Å²) in [6.07, 6.45) is 0. The average Bonchev–Trinajstić information content (AvgIpc) is 1.70. The minimum atomic E-state index is 0.510. The van der Waals surface area contributed by atoms with Gasteiger partial charge in [0.15, 0.2) is 46.1 Å². The number of nitrogens with zero attached hydrogens (tertiary/aromatic N) is 8. The molecule has 0 saturated heterocycles. The van der Waals surface area contributed by atoms with Crippen LogP contribution in [0.3, 0.4) is 0 Å². The first-order valence-corrected chi connectivity index (χ1v) is 32.3. The van der Waals surface area contributed by atoms with Gasteiger partial charge in [0, 0.05) is 112 Å². The second-order valence-electron chi connectivity index (χ2n) is 23.3. The highest BCUT2D eigenvalue weighted by Gasteiger charge is 2.26. The van der Waals surface area contributed by atoms with Crippen LogP contribution in [0.25, 0.3) is 209 Å². The summed E-state index contributed by atoms with van der Waals surface area (Å²) in [6, 6.07) is 86.3. The van der Waals surface area contributed by atoms with E-state index in [0.29, 0.717) is 69.1 Å². The monoisotopic (exact) mass is 1240 g/mol. The van der Waals surface area contributed by atoms with Crippen molar-refractivity contribution in [2.24, 2.45) is 0 Å². The molecule has 12 aromatic carbocycles. The number of hydrogen-bond acceptors (Lipinski definition) is 14. The van der Waals surface area contributed by atoms with Gasteiger partial charge in [0.05, 0.1) is 0 Å². The van der Waals surface area contributed by atoms with Crippen LogP contribution in [0.1, 0.15) is 0 Å². The quantitative estimate of drug-likeness (QED) is 0.135. The minimum absolute atomic E-state index is 0.510. The lowest BCUT2D eigenvalue weighted by molar-refractivity contribution is 0.619. The van der Waals surface area contributed by atoms with Gasteiger partial charge >= 0.3 is 0 Å². The molecule has 0 aliphatic rings. The van der Waals surface area contributed by atoms with Crippen LogP contribution in [0.5, 0.6) is 0 Å². The van der Waals surface area contributed by atoms with Gasteiger partial charge in [-0.05, 0) is 115 Å². The molecule has 0 spiro atoms. The van der Waals surface area contributed by atoms with Gasteiger partial charge in [0.2, 0.25) is 11.8 Å². The Morgan fingerprint density at radius 3 is 1.45 bits per heavy atom. The molecular formula is C80H42N8O4S2. The van der Waals surface area contributed by atoms with Crippen LogP contribution in [0.15, 0.2) is 272 Å². The number of oxazole rings is 2. The summed E-state index contributed by atoms with van der Waals surface area (Å²) in [4.78, 5) is 41.6. The van der Waals surface area contributed by atoms with Crippen molar-refractivity contribution < 1.29 is 17.7 Å². The molecule has 20 rings (SSSR count). The summed E-state index contributed by atoms with van der Waals surface area (Å²) >= 11 is 3.48. The van der Waals surface area contributed by atoms with Gasteiger partial charge in [-0.15, -0.1) is 22.7 Å². The van der Waals surface area contributed by atoms with Crippen molar-refractivity contribution in [1.29, 1.82) is 0 Å². The highest BCUT2D eigenvalue weighted by molar-refractivity contribution is 7.26. The van der Waals surface area contributed by atoms with E-state index in [9.17, 15) is 0 Å². The zero-order valence-corrected chi connectivity index (χ0v) is 50.9. The Bertz CT molecular complexity index is 6460. The van der Waals surface area contributed by atoms with Crippen molar-refractivity contribution in [1.82, 2.24) is 39.9 Å². The molecule has 0 amide bonds. The van der Waals surface area contributed by atoms with Crippen LogP contribution in [-0.2, 0) is 0 Å². The predicted octanol–water partition coefficient (Wildman–Crippen LogP) is 21.9. The SMILES string of the molecule is c1ccc(-c2nc(-c3cccc4c3sc3ccc(-c5ccc(-c6nc(-c7ccccc7)nc(-c7ccc8c(c7)sc7ccccc78)n6)c6c5oc5ccc(-c7nc8ccccc8o7)cc56)cc34)nc(-c3cccc4oc5ccc(-c6nc7ccccc7o6)cc5c34)n2)cc1. The van der Waals surface area contributed by atoms with E-state index in [0.717, 1.165) is 124 Å². The Balaban J connectivity index is 0.751. The van der Waals surface area contributed by atoms with Crippen molar-refractivity contribution in [3.63, 3.8) is 0 Å². The number of hydrogen-bond donors (Lipinski definition) is 0. The fraction of sp³-hybridized carbons (Fsp3) is 0. The summed E-state index contributed by atoms with van der Waals surface area (Å²) < 4.78 is 30.9. The highest BCUT2D eigenvalue weighted by atomic mass is 32.1. The van der Waals surface area contributed by atoms with Crippen molar-refractivity contribution in [2.45, 2.75) is 0 Å². The molecule has 0 bridgehead atoms. The molecular weight excluding hydrogens is 1200 g/mol. The molecule has 0 aliphatic heterocycles. The largest absolute Gasteiger partial charge is 0.456 e. The Labute approximate surface area is 540 Å². The first-order valence-electron chi connectivity index (χ1n) is 30.7. The van der Waals surface area contributed by atoms with Crippen molar-refractivity contribution >= 4 is 129 Å². The Morgan fingerprint density at radius 2 is 0.734 bits per heavy atom. The fourth-order valence-corrected chi connectivity index (χ4v) is 15.6. The van der Waals surface area contributed by atoms with Crippen LogP contribution in [0, 0.1) is 0 Å². The molecule has 12 nitrogen and oxygen atoms in total. The maximum absolute atomic E-state index is 7.14. The van der Waals surface area contributed by atoms with E-state index in [1.165, 1.54) is 15.5 Å². The molecule has 0 N–H and O–H groups in total. The molecule has 0 aliphatic carbocycles. The Morgan fingerprint density at radius 1 is 0.234 bits per heavy atom. The van der Waals surface area contributed by atoms with Gasteiger partial charge in [0.25, 0.3) is 0 Å². The van der Waals surface area contributed by atoms with Crippen LogP contribution in [-0.4, -0.2) is 39.9 Å². The normalized spacial score (nSPS) is 12.0. The molecule has 0 unspecified atom stereocenters. The third-order valence-electron chi connectivity index (χ3n) is 17.7. The molecule has 0 saturated carbocycles. The van der Waals surface area contributed by atoms with E-state index in [4.69, 9.17) is 57.5 Å². The lowest BCUT2D eigenvalue weighted by Crippen LogP contribution is -2.00. The highest BCUT2D eigenvalue weighted by Crippen LogP contribution is 2.47. The summed E-state index contributed by atoms with van der Waals surface area (Å²) in [5, 5.41) is 8.06. The number of furan rings is 2. The van der Waals surface area contributed by atoms with Gasteiger partial charge < -0.3 is 17.7 Å². The van der Waals surface area contributed by atoms with Crippen LogP contribution in [0.4, 0.5) is 0 Å². The number of thiophene rings is 2. The van der Waals surface area contributed by atoms with Gasteiger partial charge in [-0.25, -0.2) is 39.9 Å². The van der Waals surface area contributed by atoms with Crippen LogP contribution in [0.2, 0.25) is 0 Å². The Kier molecular flexibility index (Phi) is 11.5. The Hall–Kier alpha value is -12.4. The van der Waals surface area contributed by atoms with Gasteiger partial charge in [-0.2, -0.15) is 0 Å². The molecule has 0 radical (unpaired) electrons. The molecule has 94 heavy (non-hydrogen) atoms. The first-order chi connectivity index (χ1) is 46.5. The molecule has 8 aromatic heterocycles. The zero-order chi connectivity index (χ0) is 61.5. The summed E-state index contributed by atoms with van der Waals surface area (Å²) in [5.74, 6) is 4.29. The molecule has 14 heteroatoms. The lowest BCUT2D eigenvalue weighted by Gasteiger charge is -2.11. The van der Waals surface area contributed by atoms with Crippen LogP contribution < -0.4 is 0 Å². The van der Waals surface area contributed by atoms with E-state index < -0.39 is 0 Å². The second kappa shape index (κ2) is 20.6. The average molecular weight is 1240 g/mol. The van der Waals surface area contributed by atoms with Crippen molar-refractivity contribution in [3.8, 4) is 102 Å². The maximum atomic E-state index is 7.14. The van der Waals surface area contributed by atoms with Crippen molar-refractivity contribution in [3.05, 3.63) is 255 Å². The van der Waals surface area contributed by atoms with Crippen molar-refractivity contribution in [2.75, 3.05) is 0 Å². The number of benzene rings is 12. The van der Waals surface area contributed by atoms with E-state index in [-0.39, 0.29) is 0 Å². The van der Waals surface area contributed by atoms with E-state index >= 15 is 0 Å². The standard InChI is InChI=1S/C80H42N8O4S2/c1-3-15-43(16-4-1)73-83-75(46-29-33-51-50-19-7-12-28-66(50)93-68(51)42-46)87-77(84-73)54-35-34-49(71-70(54)58-41-48(31-37-62(58)90-71)80-82-60-24-9-11-26-64(60)92-80)45-32-38-67-56(39-45)52-20-13-22-55(72(52)94-67)78-86-74(44-17-5-2-6-18-44)85-76(88-78)53-21-14-27-65-69(53)57-40-47(30-36-61(57)89-65)79-81-59-23-8-10-25-63(59)91-79/h1-42H. The minimum Gasteiger partial charge on any atom is -0.456 e. The lowest BCUT2D eigenvalue weighted by atomic mass is 9.96. The topological polar surface area (TPSA) is 156 Å². The number of rotatable bonds is 9. The second-order valence-corrected chi connectivity index (χ2v) is 25.4. The van der Waals surface area contributed by atoms with E-state index in [2.05, 4.69) is 109 Å². The predicted molar refractivity (Wildman–Crippen MR) is 378 cm³/mol. The van der Waals surface area contributed by atoms with E-state index in [1.54, 1.807) is 22.7 Å². The summed E-state index contributed by atoms with van der Waals surface area (Å²) in [6.45, 7) is 0.